The van der Waals surface area contributed by atoms with Gasteiger partial charge >= 0.3 is 5.69 Å². The molecule has 0 spiro atoms. The number of methoxy groups -OCH3 is 1. The number of rotatable bonds is 5. The van der Waals surface area contributed by atoms with Crippen LogP contribution in [0.1, 0.15) is 5.56 Å². The molecule has 0 fully saturated rings. The lowest BCUT2D eigenvalue weighted by Gasteiger charge is -2.14. The first-order chi connectivity index (χ1) is 12.9. The van der Waals surface area contributed by atoms with Crippen molar-refractivity contribution in [3.8, 4) is 5.75 Å². The van der Waals surface area contributed by atoms with Gasteiger partial charge in [-0.1, -0.05) is 35.3 Å². The topological polar surface area (TPSA) is 97.2 Å². The molecule has 0 atom stereocenters. The zero-order valence-electron chi connectivity index (χ0n) is 14.2. The lowest BCUT2D eigenvalue weighted by molar-refractivity contribution is 0.295. The summed E-state index contributed by atoms with van der Waals surface area (Å²) in [4.78, 5) is 26.6. The minimum atomic E-state index is -0.590. The molecular weight excluding hydrogens is 393 g/mol. The van der Waals surface area contributed by atoms with Crippen molar-refractivity contribution >= 4 is 40.0 Å². The number of ether oxygens (including phenoxy) is 2. The molecule has 0 saturated carbocycles. The number of hydrogen-bond donors (Lipinski definition) is 2. The Kier molecular flexibility index (Phi) is 5.53. The summed E-state index contributed by atoms with van der Waals surface area (Å²) in [5.74, 6) is 0.415. The van der Waals surface area contributed by atoms with Gasteiger partial charge in [-0.3, -0.25) is 19.8 Å². The van der Waals surface area contributed by atoms with Crippen molar-refractivity contribution in [2.75, 3.05) is 13.7 Å². The van der Waals surface area contributed by atoms with Crippen molar-refractivity contribution in [2.24, 2.45) is 0 Å². The molecule has 2 N–H and O–H groups in total. The van der Waals surface area contributed by atoms with E-state index < -0.39 is 11.2 Å². The highest BCUT2D eigenvalue weighted by Gasteiger charge is 2.13. The number of hydrogen-bond acceptors (Lipinski definition) is 5. The van der Waals surface area contributed by atoms with Crippen LogP contribution in [0.2, 0.25) is 10.0 Å². The summed E-state index contributed by atoms with van der Waals surface area (Å²) in [6, 6.07) is 9.88. The predicted octanol–water partition coefficient (Wildman–Crippen LogP) is 3.05. The van der Waals surface area contributed by atoms with Crippen molar-refractivity contribution in [3.05, 3.63) is 72.8 Å². The van der Waals surface area contributed by atoms with Gasteiger partial charge in [-0.05, 0) is 24.3 Å². The number of H-pyrrole nitrogens is 1. The van der Waals surface area contributed by atoms with E-state index in [1.165, 1.54) is 23.8 Å². The first kappa shape index (κ1) is 19.0. The fourth-order valence-electron chi connectivity index (χ4n) is 2.69. The lowest BCUT2D eigenvalue weighted by atomic mass is 10.2. The third-order valence-corrected chi connectivity index (χ3v) is 4.44. The van der Waals surface area contributed by atoms with Gasteiger partial charge in [-0.25, -0.2) is 4.79 Å². The maximum absolute atomic E-state index is 12.3. The van der Waals surface area contributed by atoms with Crippen molar-refractivity contribution in [1.82, 2.24) is 9.55 Å². The van der Waals surface area contributed by atoms with Gasteiger partial charge < -0.3 is 9.47 Å². The Hall–Kier alpha value is -2.77. The van der Waals surface area contributed by atoms with E-state index in [0.717, 1.165) is 0 Å². The molecule has 1 aromatic heterocycles. The van der Waals surface area contributed by atoms with Gasteiger partial charge in [0.2, 0.25) is 5.90 Å². The minimum Gasteiger partial charge on any atom is -0.491 e. The third-order valence-electron chi connectivity index (χ3n) is 3.93. The Morgan fingerprint density at radius 2 is 1.96 bits per heavy atom. The quantitative estimate of drug-likeness (QED) is 0.501. The molecule has 0 aliphatic rings. The molecule has 0 aliphatic carbocycles. The van der Waals surface area contributed by atoms with Crippen LogP contribution < -0.4 is 16.0 Å². The summed E-state index contributed by atoms with van der Waals surface area (Å²) < 4.78 is 12.0. The maximum Gasteiger partial charge on any atom is 0.328 e. The normalized spacial score (nSPS) is 10.8. The molecule has 0 radical (unpaired) electrons. The number of para-hydroxylation sites is 1. The third kappa shape index (κ3) is 3.84. The molecule has 9 heteroatoms. The zero-order chi connectivity index (χ0) is 19.6. The van der Waals surface area contributed by atoms with Crippen LogP contribution in [0.15, 0.2) is 46.0 Å². The van der Waals surface area contributed by atoms with E-state index in [4.69, 9.17) is 38.1 Å². The second kappa shape index (κ2) is 7.85. The van der Waals surface area contributed by atoms with Crippen LogP contribution in [0.5, 0.6) is 5.75 Å². The van der Waals surface area contributed by atoms with E-state index in [1.807, 2.05) is 0 Å². The highest BCUT2D eigenvalue weighted by molar-refractivity contribution is 6.38. The molecule has 0 unspecified atom stereocenters. The first-order valence-electron chi connectivity index (χ1n) is 7.89. The van der Waals surface area contributed by atoms with E-state index >= 15 is 0 Å². The van der Waals surface area contributed by atoms with Crippen LogP contribution in [0.4, 0.5) is 0 Å². The van der Waals surface area contributed by atoms with E-state index in [1.54, 1.807) is 24.3 Å². The highest BCUT2D eigenvalue weighted by Crippen LogP contribution is 2.24. The highest BCUT2D eigenvalue weighted by atomic mass is 35.5. The number of fused-ring (bicyclic) bond motifs is 1. The second-order valence-corrected chi connectivity index (χ2v) is 6.41. The van der Waals surface area contributed by atoms with Crippen LogP contribution in [0.3, 0.4) is 0 Å². The summed E-state index contributed by atoms with van der Waals surface area (Å²) in [5, 5.41) is 8.46. The fraction of sp³-hybridized carbons (Fsp3) is 0.167. The number of aromatic nitrogens is 2. The molecule has 2 aromatic carbocycles. The van der Waals surface area contributed by atoms with Gasteiger partial charge in [0.05, 0.1) is 35.1 Å². The van der Waals surface area contributed by atoms with Gasteiger partial charge in [0.15, 0.2) is 0 Å². The van der Waals surface area contributed by atoms with Gasteiger partial charge in [-0.2, -0.15) is 0 Å². The van der Waals surface area contributed by atoms with Crippen LogP contribution in [-0.4, -0.2) is 29.2 Å². The Morgan fingerprint density at radius 1 is 1.22 bits per heavy atom. The minimum absolute atomic E-state index is 0.0316. The van der Waals surface area contributed by atoms with E-state index in [0.29, 0.717) is 21.9 Å². The Morgan fingerprint density at radius 3 is 2.70 bits per heavy atom. The molecular formula is C18H15Cl2N3O4. The van der Waals surface area contributed by atoms with Gasteiger partial charge in [0.25, 0.3) is 5.56 Å². The van der Waals surface area contributed by atoms with Crippen LogP contribution in [0, 0.1) is 5.41 Å². The smallest absolute Gasteiger partial charge is 0.328 e. The summed E-state index contributed by atoms with van der Waals surface area (Å²) in [7, 11) is 1.40. The Balaban J connectivity index is 1.92. The van der Waals surface area contributed by atoms with Crippen molar-refractivity contribution in [2.45, 2.75) is 6.54 Å². The predicted molar refractivity (Wildman–Crippen MR) is 105 cm³/mol. The molecule has 140 valence electrons. The molecule has 3 aromatic rings. The zero-order valence-corrected chi connectivity index (χ0v) is 15.7. The molecule has 27 heavy (non-hydrogen) atoms. The van der Waals surface area contributed by atoms with E-state index in [2.05, 4.69) is 4.98 Å². The van der Waals surface area contributed by atoms with Crippen LogP contribution in [-0.2, 0) is 11.3 Å². The maximum atomic E-state index is 12.3. The summed E-state index contributed by atoms with van der Waals surface area (Å²) in [5.41, 5.74) is -0.354. The second-order valence-electron chi connectivity index (χ2n) is 5.57. The number of nitrogens with one attached hydrogen (secondary N) is 2. The fourth-order valence-corrected chi connectivity index (χ4v) is 3.26. The molecule has 0 bridgehead atoms. The summed E-state index contributed by atoms with van der Waals surface area (Å²) >= 11 is 12.1. The average Bonchev–Trinajstić information content (AvgIpc) is 2.63. The van der Waals surface area contributed by atoms with Crippen LogP contribution >= 0.6 is 23.2 Å². The Labute approximate surface area is 163 Å². The molecule has 0 aliphatic heterocycles. The lowest BCUT2D eigenvalue weighted by Crippen LogP contribution is -2.32. The largest absolute Gasteiger partial charge is 0.491 e. The molecule has 1 heterocycles. The van der Waals surface area contributed by atoms with E-state index in [9.17, 15) is 9.59 Å². The number of nitrogens with zero attached hydrogens (tertiary/aromatic N) is 1. The van der Waals surface area contributed by atoms with Gasteiger partial charge in [0, 0.05) is 5.02 Å². The van der Waals surface area contributed by atoms with Crippen LogP contribution in [0.25, 0.3) is 10.9 Å². The van der Waals surface area contributed by atoms with E-state index in [-0.39, 0.29) is 29.5 Å². The summed E-state index contributed by atoms with van der Waals surface area (Å²) in [6.45, 7) is 0.247. The number of benzene rings is 2. The molecule has 0 saturated heterocycles. The van der Waals surface area contributed by atoms with Gasteiger partial charge in [-0.15, -0.1) is 0 Å². The monoisotopic (exact) mass is 407 g/mol. The SMILES string of the molecule is COC(=N)c1ccccc1OCCn1c(=O)[nH]c(=O)c2c(Cl)cc(Cl)cc21. The van der Waals surface area contributed by atoms with Gasteiger partial charge in [0.1, 0.15) is 12.4 Å². The van der Waals surface area contributed by atoms with Crippen molar-refractivity contribution < 1.29 is 9.47 Å². The average molecular weight is 408 g/mol. The standard InChI is InChI=1S/C18H15Cl2N3O4/c1-26-16(21)11-4-2-3-5-14(11)27-7-6-23-13-9-10(19)8-12(20)15(13)17(24)22-18(23)25/h2-5,8-9,21H,6-7H2,1H3,(H,22,24,25). The molecule has 3 rings (SSSR count). The summed E-state index contributed by atoms with van der Waals surface area (Å²) in [6.07, 6.45) is 0. The number of halogens is 2. The van der Waals surface area contributed by atoms with Crippen molar-refractivity contribution in [3.63, 3.8) is 0 Å². The Bertz CT molecular complexity index is 1140. The molecule has 7 nitrogen and oxygen atoms in total. The molecule has 0 amide bonds. The first-order valence-corrected chi connectivity index (χ1v) is 8.64. The van der Waals surface area contributed by atoms with Crippen molar-refractivity contribution in [1.29, 1.82) is 5.41 Å². The number of aromatic amines is 1.